The molecule has 2 aromatic carbocycles. The van der Waals surface area contributed by atoms with E-state index in [4.69, 9.17) is 16.6 Å². The van der Waals surface area contributed by atoms with Gasteiger partial charge in [-0.3, -0.25) is 4.99 Å². The highest BCUT2D eigenvalue weighted by Crippen LogP contribution is 2.29. The van der Waals surface area contributed by atoms with E-state index in [1.165, 1.54) is 6.07 Å². The van der Waals surface area contributed by atoms with Crippen LogP contribution in [0.5, 0.6) is 0 Å². The van der Waals surface area contributed by atoms with Crippen LogP contribution in [-0.4, -0.2) is 50.3 Å². The molecule has 1 spiro atoms. The van der Waals surface area contributed by atoms with E-state index in [-0.39, 0.29) is 10.6 Å². The fourth-order valence-electron chi connectivity index (χ4n) is 4.55. The molecule has 0 amide bonds. The van der Waals surface area contributed by atoms with Crippen LogP contribution in [0, 0.1) is 5.82 Å². The van der Waals surface area contributed by atoms with Crippen molar-refractivity contribution < 1.29 is 12.8 Å². The van der Waals surface area contributed by atoms with Crippen molar-refractivity contribution in [2.24, 2.45) is 4.99 Å². The summed E-state index contributed by atoms with van der Waals surface area (Å²) < 4.78 is 41.4. The summed E-state index contributed by atoms with van der Waals surface area (Å²) in [5.41, 5.74) is 1.62. The van der Waals surface area contributed by atoms with Crippen LogP contribution in [0.2, 0.25) is 5.02 Å². The average Bonchev–Trinajstić information content (AvgIpc) is 2.82. The molecule has 0 aliphatic carbocycles. The summed E-state index contributed by atoms with van der Waals surface area (Å²) in [6, 6.07) is 11.9. The lowest BCUT2D eigenvalue weighted by molar-refractivity contribution is 0.241. The van der Waals surface area contributed by atoms with Gasteiger partial charge in [0.15, 0.2) is 0 Å². The molecule has 9 heteroatoms. The molecule has 1 saturated heterocycles. The molecule has 0 unspecified atom stereocenters. The molecule has 0 radical (unpaired) electrons. The van der Waals surface area contributed by atoms with E-state index >= 15 is 0 Å². The predicted molar refractivity (Wildman–Crippen MR) is 130 cm³/mol. The van der Waals surface area contributed by atoms with Gasteiger partial charge in [-0.1, -0.05) is 43.1 Å². The van der Waals surface area contributed by atoms with Crippen molar-refractivity contribution in [3.05, 3.63) is 64.4 Å². The van der Waals surface area contributed by atoms with E-state index < -0.39 is 15.8 Å². The molecule has 1 fully saturated rings. The summed E-state index contributed by atoms with van der Waals surface area (Å²) in [7, 11) is -3.54. The van der Waals surface area contributed by atoms with Gasteiger partial charge in [-0.15, -0.1) is 0 Å². The number of rotatable bonds is 6. The summed E-state index contributed by atoms with van der Waals surface area (Å²) in [5.74, 6) is 0.386. The zero-order valence-electron chi connectivity index (χ0n) is 18.8. The van der Waals surface area contributed by atoms with E-state index in [1.807, 2.05) is 12.1 Å². The third kappa shape index (κ3) is 5.24. The van der Waals surface area contributed by atoms with Crippen molar-refractivity contribution in [2.45, 2.75) is 49.6 Å². The first-order chi connectivity index (χ1) is 15.8. The molecule has 6 nitrogen and oxygen atoms in total. The van der Waals surface area contributed by atoms with Gasteiger partial charge in [-0.2, -0.15) is 4.31 Å². The molecule has 0 aromatic heterocycles. The van der Waals surface area contributed by atoms with Crippen molar-refractivity contribution >= 4 is 27.5 Å². The maximum absolute atomic E-state index is 13.4. The smallest absolute Gasteiger partial charge is 0.243 e. The number of aliphatic imine (C=N–C) groups is 1. The first-order valence-electron chi connectivity index (χ1n) is 11.4. The molecule has 2 N–H and O–H groups in total. The van der Waals surface area contributed by atoms with Gasteiger partial charge in [0.05, 0.1) is 22.0 Å². The largest absolute Gasteiger partial charge is 0.368 e. The molecular weight excluding hydrogens is 463 g/mol. The van der Waals surface area contributed by atoms with Gasteiger partial charge in [0.1, 0.15) is 11.7 Å². The normalized spacial score (nSPS) is 18.8. The van der Waals surface area contributed by atoms with E-state index in [0.717, 1.165) is 36.3 Å². The third-order valence-corrected chi connectivity index (χ3v) is 8.62. The molecule has 33 heavy (non-hydrogen) atoms. The van der Waals surface area contributed by atoms with Gasteiger partial charge < -0.3 is 10.6 Å². The van der Waals surface area contributed by atoms with Gasteiger partial charge in [0.2, 0.25) is 10.0 Å². The number of benzene rings is 2. The van der Waals surface area contributed by atoms with Crippen LogP contribution in [-0.2, 0) is 23.0 Å². The highest BCUT2D eigenvalue weighted by atomic mass is 35.5. The Balaban J connectivity index is 1.43. The Morgan fingerprint density at radius 3 is 2.52 bits per heavy atom. The van der Waals surface area contributed by atoms with Gasteiger partial charge in [0.25, 0.3) is 0 Å². The Labute approximate surface area is 200 Å². The van der Waals surface area contributed by atoms with E-state index in [1.54, 1.807) is 28.6 Å². The highest BCUT2D eigenvalue weighted by Gasteiger charge is 2.43. The Morgan fingerprint density at radius 1 is 1.15 bits per heavy atom. The Hall–Kier alpha value is -2.00. The van der Waals surface area contributed by atoms with E-state index in [0.29, 0.717) is 43.9 Å². The number of hydrogen-bond acceptors (Lipinski definition) is 5. The maximum Gasteiger partial charge on any atom is 0.243 e. The summed E-state index contributed by atoms with van der Waals surface area (Å²) >= 11 is 5.90. The number of nitrogens with zero attached hydrogens (tertiary/aromatic N) is 2. The fourth-order valence-corrected chi connectivity index (χ4v) is 6.19. The van der Waals surface area contributed by atoms with Crippen LogP contribution in [0.25, 0.3) is 0 Å². The van der Waals surface area contributed by atoms with Crippen molar-refractivity contribution in [2.75, 3.05) is 26.2 Å². The molecule has 2 aliphatic rings. The number of nitrogens with one attached hydrogen (secondary N) is 2. The minimum atomic E-state index is -3.54. The van der Waals surface area contributed by atoms with Crippen LogP contribution >= 0.6 is 11.6 Å². The average molecular weight is 493 g/mol. The van der Waals surface area contributed by atoms with Crippen molar-refractivity contribution in [1.29, 1.82) is 0 Å². The summed E-state index contributed by atoms with van der Waals surface area (Å²) in [6.45, 7) is 4.80. The number of aryl methyl sites for hydroxylation is 1. The summed E-state index contributed by atoms with van der Waals surface area (Å²) in [4.78, 5) is 5.04. The molecule has 2 aromatic rings. The van der Waals surface area contributed by atoms with Gasteiger partial charge in [-0.25, -0.2) is 12.8 Å². The standard InChI is InChI=1S/C24H30ClFN4O2S/c1-2-3-18-4-7-20(8-5-18)33(31,32)30-14-10-24(11-15-30)23(27-12-13-29-24)28-17-19-6-9-22(26)21(25)16-19/h4-9,16,29H,2-3,10-15,17H2,1H3,(H,27,28). The Bertz CT molecular complexity index is 1110. The zero-order chi connectivity index (χ0) is 23.5. The lowest BCUT2D eigenvalue weighted by atomic mass is 9.85. The second-order valence-corrected chi connectivity index (χ2v) is 11.0. The maximum atomic E-state index is 13.4. The van der Waals surface area contributed by atoms with Gasteiger partial charge in [0, 0.05) is 26.2 Å². The molecule has 0 bridgehead atoms. The van der Waals surface area contributed by atoms with Gasteiger partial charge in [-0.05, 0) is 54.7 Å². The second-order valence-electron chi connectivity index (χ2n) is 8.64. The van der Waals surface area contributed by atoms with Crippen LogP contribution in [0.3, 0.4) is 0 Å². The fraction of sp³-hybridized carbons (Fsp3) is 0.458. The van der Waals surface area contributed by atoms with Crippen molar-refractivity contribution in [3.63, 3.8) is 0 Å². The Morgan fingerprint density at radius 2 is 1.85 bits per heavy atom. The summed E-state index contributed by atoms with van der Waals surface area (Å²) in [5, 5.41) is 7.05. The third-order valence-electron chi connectivity index (χ3n) is 6.42. The predicted octanol–water partition coefficient (Wildman–Crippen LogP) is 3.75. The topological polar surface area (TPSA) is 73.8 Å². The molecule has 2 heterocycles. The first kappa shape index (κ1) is 24.1. The number of amidine groups is 1. The SMILES string of the molecule is CCCc1ccc(S(=O)(=O)N2CCC3(CC2)NCCN=C3NCc2ccc(F)c(Cl)c2)cc1. The minimum Gasteiger partial charge on any atom is -0.368 e. The van der Waals surface area contributed by atoms with E-state index in [2.05, 4.69) is 17.6 Å². The number of halogens is 2. The molecule has 4 rings (SSSR count). The van der Waals surface area contributed by atoms with E-state index in [9.17, 15) is 12.8 Å². The number of hydrogen-bond donors (Lipinski definition) is 2. The molecular formula is C24H30ClFN4O2S. The van der Waals surface area contributed by atoms with Crippen molar-refractivity contribution in [3.8, 4) is 0 Å². The van der Waals surface area contributed by atoms with Crippen LogP contribution < -0.4 is 10.6 Å². The van der Waals surface area contributed by atoms with Crippen LogP contribution in [0.15, 0.2) is 52.4 Å². The quantitative estimate of drug-likeness (QED) is 0.644. The summed E-state index contributed by atoms with van der Waals surface area (Å²) in [6.07, 6.45) is 3.21. The van der Waals surface area contributed by atoms with Gasteiger partial charge >= 0.3 is 0 Å². The second kappa shape index (κ2) is 10.1. The molecule has 2 aliphatic heterocycles. The lowest BCUT2D eigenvalue weighted by Gasteiger charge is -2.44. The lowest BCUT2D eigenvalue weighted by Crippen LogP contribution is -2.64. The highest BCUT2D eigenvalue weighted by molar-refractivity contribution is 7.89. The molecule has 0 atom stereocenters. The Kier molecular flexibility index (Phi) is 7.38. The van der Waals surface area contributed by atoms with Crippen LogP contribution in [0.4, 0.5) is 4.39 Å². The monoisotopic (exact) mass is 492 g/mol. The van der Waals surface area contributed by atoms with Crippen LogP contribution in [0.1, 0.15) is 37.3 Å². The first-order valence-corrected chi connectivity index (χ1v) is 13.2. The van der Waals surface area contributed by atoms with Crippen molar-refractivity contribution in [1.82, 2.24) is 14.9 Å². The minimum absolute atomic E-state index is 0.0916. The number of sulfonamides is 1. The zero-order valence-corrected chi connectivity index (χ0v) is 20.4. The number of piperidine rings is 1. The molecule has 0 saturated carbocycles. The molecule has 178 valence electrons.